The van der Waals surface area contributed by atoms with Crippen molar-refractivity contribution in [2.75, 3.05) is 0 Å². The van der Waals surface area contributed by atoms with E-state index in [0.717, 1.165) is 12.8 Å². The van der Waals surface area contributed by atoms with Gasteiger partial charge in [0.2, 0.25) is 0 Å². The van der Waals surface area contributed by atoms with Gasteiger partial charge in [-0.25, -0.2) is 0 Å². The Bertz CT molecular complexity index is 424. The number of hydrogen-bond acceptors (Lipinski definition) is 2. The molecular weight excluding hydrogens is 331 g/mol. The van der Waals surface area contributed by atoms with E-state index in [1.807, 2.05) is 0 Å². The number of allylic oxidation sites excluding steroid dienone is 2. The lowest BCUT2D eigenvalue weighted by molar-refractivity contribution is 0.00578. The van der Waals surface area contributed by atoms with Gasteiger partial charge in [-0.1, -0.05) is 84.1 Å². The highest BCUT2D eigenvalue weighted by Crippen LogP contribution is 2.40. The summed E-state index contributed by atoms with van der Waals surface area (Å²) in [7, 11) is -0.148. The molecule has 0 radical (unpaired) electrons. The predicted molar refractivity (Wildman–Crippen MR) is 120 cm³/mol. The average Bonchev–Trinajstić information content (AvgIpc) is 2.81. The zero-order chi connectivity index (χ0) is 20.3. The molecular formula is C24H47BO2. The maximum Gasteiger partial charge on any atom is 0.490 e. The fourth-order valence-electron chi connectivity index (χ4n) is 3.94. The van der Waals surface area contributed by atoms with Crippen molar-refractivity contribution in [2.45, 2.75) is 143 Å². The smallest absolute Gasteiger partial charge is 0.400 e. The molecule has 1 fully saturated rings. The van der Waals surface area contributed by atoms with E-state index < -0.39 is 0 Å². The summed E-state index contributed by atoms with van der Waals surface area (Å²) in [6.45, 7) is 15.5. The van der Waals surface area contributed by atoms with Gasteiger partial charge in [-0.05, 0) is 58.9 Å². The molecule has 0 aromatic carbocycles. The summed E-state index contributed by atoms with van der Waals surface area (Å²) in [4.78, 5) is 0. The van der Waals surface area contributed by atoms with Crippen molar-refractivity contribution in [3.63, 3.8) is 0 Å². The first-order valence-electron chi connectivity index (χ1n) is 11.9. The SMILES string of the molecule is CCCCCCCCCC/C(CCC)=C(\CCC)B1OC(C)(C)C(C)(C)O1. The second kappa shape index (κ2) is 12.3. The lowest BCUT2D eigenvalue weighted by atomic mass is 9.71. The maximum atomic E-state index is 6.41. The summed E-state index contributed by atoms with van der Waals surface area (Å²) in [6.07, 6.45) is 16.9. The first-order valence-corrected chi connectivity index (χ1v) is 11.9. The Kier molecular flexibility index (Phi) is 11.3. The van der Waals surface area contributed by atoms with Crippen LogP contribution in [-0.2, 0) is 9.31 Å². The van der Waals surface area contributed by atoms with Crippen LogP contribution in [0.5, 0.6) is 0 Å². The third kappa shape index (κ3) is 7.93. The highest BCUT2D eigenvalue weighted by molar-refractivity contribution is 6.54. The Hall–Kier alpha value is -0.275. The van der Waals surface area contributed by atoms with Crippen molar-refractivity contribution < 1.29 is 9.31 Å². The van der Waals surface area contributed by atoms with E-state index in [-0.39, 0.29) is 18.3 Å². The summed E-state index contributed by atoms with van der Waals surface area (Å²) in [5.74, 6) is 0. The Morgan fingerprint density at radius 3 is 1.56 bits per heavy atom. The van der Waals surface area contributed by atoms with E-state index in [1.165, 1.54) is 76.1 Å². The molecule has 0 bridgehead atoms. The van der Waals surface area contributed by atoms with Crippen molar-refractivity contribution in [3.05, 3.63) is 11.0 Å². The van der Waals surface area contributed by atoms with Gasteiger partial charge in [-0.3, -0.25) is 0 Å². The zero-order valence-electron chi connectivity index (χ0n) is 19.6. The Morgan fingerprint density at radius 1 is 0.593 bits per heavy atom. The summed E-state index contributed by atoms with van der Waals surface area (Å²) in [6, 6.07) is 0. The van der Waals surface area contributed by atoms with Crippen molar-refractivity contribution >= 4 is 7.12 Å². The van der Waals surface area contributed by atoms with Crippen LogP contribution in [-0.4, -0.2) is 18.3 Å². The van der Waals surface area contributed by atoms with Crippen LogP contribution in [0.1, 0.15) is 132 Å². The molecule has 0 spiro atoms. The molecule has 0 amide bonds. The molecule has 2 nitrogen and oxygen atoms in total. The van der Waals surface area contributed by atoms with Crippen LogP contribution in [0.3, 0.4) is 0 Å². The molecule has 0 aromatic heterocycles. The highest BCUT2D eigenvalue weighted by atomic mass is 16.7. The lowest BCUT2D eigenvalue weighted by Gasteiger charge is -2.32. The average molecular weight is 378 g/mol. The molecule has 1 aliphatic heterocycles. The van der Waals surface area contributed by atoms with Gasteiger partial charge in [0.1, 0.15) is 0 Å². The molecule has 158 valence electrons. The Balaban J connectivity index is 2.66. The molecule has 1 heterocycles. The molecule has 0 aromatic rings. The fourth-order valence-corrected chi connectivity index (χ4v) is 3.94. The van der Waals surface area contributed by atoms with E-state index in [1.54, 1.807) is 5.57 Å². The van der Waals surface area contributed by atoms with Crippen LogP contribution in [0.2, 0.25) is 0 Å². The van der Waals surface area contributed by atoms with Crippen LogP contribution < -0.4 is 0 Å². The van der Waals surface area contributed by atoms with E-state index in [4.69, 9.17) is 9.31 Å². The molecule has 1 saturated heterocycles. The molecule has 1 aliphatic rings. The van der Waals surface area contributed by atoms with Crippen LogP contribution in [0.25, 0.3) is 0 Å². The van der Waals surface area contributed by atoms with Crippen molar-refractivity contribution in [3.8, 4) is 0 Å². The predicted octanol–water partition coefficient (Wildman–Crippen LogP) is 8.05. The van der Waals surface area contributed by atoms with Gasteiger partial charge in [-0.15, -0.1) is 0 Å². The molecule has 0 aliphatic carbocycles. The number of unbranched alkanes of at least 4 members (excludes halogenated alkanes) is 7. The second-order valence-electron chi connectivity index (χ2n) is 9.44. The van der Waals surface area contributed by atoms with Gasteiger partial charge in [0, 0.05) is 0 Å². The van der Waals surface area contributed by atoms with Gasteiger partial charge in [0.05, 0.1) is 11.2 Å². The Labute approximate surface area is 171 Å². The first-order chi connectivity index (χ1) is 12.8. The summed E-state index contributed by atoms with van der Waals surface area (Å²) in [5.41, 5.74) is 2.57. The number of rotatable bonds is 14. The van der Waals surface area contributed by atoms with E-state index in [9.17, 15) is 0 Å². The zero-order valence-corrected chi connectivity index (χ0v) is 19.6. The fraction of sp³-hybridized carbons (Fsp3) is 0.917. The quantitative estimate of drug-likeness (QED) is 0.225. The van der Waals surface area contributed by atoms with Crippen LogP contribution in [0.4, 0.5) is 0 Å². The molecule has 0 saturated carbocycles. The second-order valence-corrected chi connectivity index (χ2v) is 9.44. The van der Waals surface area contributed by atoms with Crippen LogP contribution in [0, 0.1) is 0 Å². The molecule has 0 N–H and O–H groups in total. The molecule has 1 rings (SSSR count). The van der Waals surface area contributed by atoms with E-state index in [0.29, 0.717) is 0 Å². The van der Waals surface area contributed by atoms with Crippen LogP contribution >= 0.6 is 0 Å². The maximum absolute atomic E-state index is 6.41. The van der Waals surface area contributed by atoms with E-state index in [2.05, 4.69) is 48.5 Å². The molecule has 3 heteroatoms. The minimum Gasteiger partial charge on any atom is -0.400 e. The van der Waals surface area contributed by atoms with Crippen molar-refractivity contribution in [1.29, 1.82) is 0 Å². The number of hydrogen-bond donors (Lipinski definition) is 0. The minimum atomic E-state index is -0.244. The molecule has 0 atom stereocenters. The third-order valence-electron chi connectivity index (χ3n) is 6.40. The standard InChI is InChI=1S/C24H47BO2/c1-8-11-12-13-14-15-16-17-20-21(18-9-2)22(19-10-3)25-26-23(4,5)24(6,7)27-25/h8-20H2,1-7H3/b22-21+. The third-order valence-corrected chi connectivity index (χ3v) is 6.40. The highest BCUT2D eigenvalue weighted by Gasteiger charge is 2.52. The van der Waals surface area contributed by atoms with Gasteiger partial charge >= 0.3 is 7.12 Å². The normalized spacial score (nSPS) is 19.4. The topological polar surface area (TPSA) is 18.5 Å². The molecule has 0 unspecified atom stereocenters. The largest absolute Gasteiger partial charge is 0.490 e. The van der Waals surface area contributed by atoms with Crippen LogP contribution in [0.15, 0.2) is 11.0 Å². The first kappa shape index (κ1) is 24.8. The monoisotopic (exact) mass is 378 g/mol. The van der Waals surface area contributed by atoms with Crippen molar-refractivity contribution in [2.24, 2.45) is 0 Å². The molecule has 27 heavy (non-hydrogen) atoms. The Morgan fingerprint density at radius 2 is 1.07 bits per heavy atom. The summed E-state index contributed by atoms with van der Waals surface area (Å²) in [5, 5.41) is 0. The summed E-state index contributed by atoms with van der Waals surface area (Å²) < 4.78 is 12.8. The van der Waals surface area contributed by atoms with E-state index >= 15 is 0 Å². The van der Waals surface area contributed by atoms with Crippen molar-refractivity contribution in [1.82, 2.24) is 0 Å². The minimum absolute atomic E-state index is 0.148. The van der Waals surface area contributed by atoms with Gasteiger partial charge in [0.15, 0.2) is 0 Å². The van der Waals surface area contributed by atoms with Gasteiger partial charge in [-0.2, -0.15) is 0 Å². The summed E-state index contributed by atoms with van der Waals surface area (Å²) >= 11 is 0. The van der Waals surface area contributed by atoms with Gasteiger partial charge in [0.25, 0.3) is 0 Å². The lowest BCUT2D eigenvalue weighted by Crippen LogP contribution is -2.41. The van der Waals surface area contributed by atoms with Gasteiger partial charge < -0.3 is 9.31 Å².